The Bertz CT molecular complexity index is 175. The molecular formula is C13H28N2O2. The van der Waals surface area contributed by atoms with Crippen LogP contribution in [0.25, 0.3) is 0 Å². The third-order valence-corrected chi connectivity index (χ3v) is 2.74. The molecule has 0 fully saturated rings. The Labute approximate surface area is 105 Å². The van der Waals surface area contributed by atoms with Crippen LogP contribution in [-0.2, 0) is 4.74 Å². The van der Waals surface area contributed by atoms with E-state index in [0.29, 0.717) is 6.61 Å². The zero-order chi connectivity index (χ0) is 12.8. The molecule has 0 saturated heterocycles. The Morgan fingerprint density at radius 2 is 1.53 bits per heavy atom. The van der Waals surface area contributed by atoms with Crippen molar-refractivity contribution in [3.05, 3.63) is 0 Å². The second kappa shape index (κ2) is 13.3. The van der Waals surface area contributed by atoms with Crippen molar-refractivity contribution in [2.24, 2.45) is 5.73 Å². The molecule has 1 amide bonds. The van der Waals surface area contributed by atoms with Crippen LogP contribution in [0.15, 0.2) is 0 Å². The zero-order valence-electron chi connectivity index (χ0n) is 11.2. The Kier molecular flexibility index (Phi) is 12.7. The number of hydrogen-bond acceptors (Lipinski definition) is 3. The van der Waals surface area contributed by atoms with E-state index < -0.39 is 6.09 Å². The first-order valence-corrected chi connectivity index (χ1v) is 6.90. The minimum absolute atomic E-state index is 0.470. The molecule has 0 saturated carbocycles. The van der Waals surface area contributed by atoms with E-state index in [4.69, 9.17) is 5.73 Å². The smallest absolute Gasteiger partial charge is 0.404 e. The van der Waals surface area contributed by atoms with Gasteiger partial charge in [0.15, 0.2) is 0 Å². The molecule has 0 spiro atoms. The Morgan fingerprint density at radius 3 is 2.06 bits per heavy atom. The number of rotatable bonds is 12. The molecule has 102 valence electrons. The number of primary amides is 1. The third-order valence-electron chi connectivity index (χ3n) is 2.74. The average Bonchev–Trinajstić information content (AvgIpc) is 2.30. The van der Waals surface area contributed by atoms with E-state index in [1.807, 2.05) is 0 Å². The quantitative estimate of drug-likeness (QED) is 0.519. The van der Waals surface area contributed by atoms with Crippen molar-refractivity contribution >= 4 is 6.09 Å². The van der Waals surface area contributed by atoms with Gasteiger partial charge in [0.25, 0.3) is 0 Å². The molecule has 4 heteroatoms. The Hall–Kier alpha value is -0.770. The summed E-state index contributed by atoms with van der Waals surface area (Å²) in [7, 11) is 0. The predicted molar refractivity (Wildman–Crippen MR) is 71.0 cm³/mol. The number of amides is 1. The molecule has 3 N–H and O–H groups in total. The van der Waals surface area contributed by atoms with Gasteiger partial charge in [-0.15, -0.1) is 0 Å². The minimum Gasteiger partial charge on any atom is -0.450 e. The lowest BCUT2D eigenvalue weighted by Crippen LogP contribution is -2.13. The molecule has 0 atom stereocenters. The maximum atomic E-state index is 10.3. The Balaban J connectivity index is 2.91. The van der Waals surface area contributed by atoms with Gasteiger partial charge in [0.1, 0.15) is 0 Å². The zero-order valence-corrected chi connectivity index (χ0v) is 11.2. The first-order valence-electron chi connectivity index (χ1n) is 6.90. The summed E-state index contributed by atoms with van der Waals surface area (Å²) in [6.07, 6.45) is 9.20. The van der Waals surface area contributed by atoms with Gasteiger partial charge in [-0.1, -0.05) is 45.4 Å². The standard InChI is InChI=1S/C13H28N2O2/c1-2-15-11-9-7-5-3-4-6-8-10-12-17-13(14)16/h15H,2-12H2,1H3,(H2,14,16). The topological polar surface area (TPSA) is 64.3 Å². The van der Waals surface area contributed by atoms with Crippen LogP contribution in [0.4, 0.5) is 4.79 Å². The largest absolute Gasteiger partial charge is 0.450 e. The van der Waals surface area contributed by atoms with Crippen molar-refractivity contribution in [2.75, 3.05) is 19.7 Å². The summed E-state index contributed by atoms with van der Waals surface area (Å²) in [4.78, 5) is 10.3. The molecule has 0 aromatic rings. The van der Waals surface area contributed by atoms with Crippen LogP contribution >= 0.6 is 0 Å². The molecule has 0 rings (SSSR count). The van der Waals surface area contributed by atoms with Crippen LogP contribution < -0.4 is 11.1 Å². The monoisotopic (exact) mass is 244 g/mol. The van der Waals surface area contributed by atoms with Gasteiger partial charge in [-0.2, -0.15) is 0 Å². The van der Waals surface area contributed by atoms with Gasteiger partial charge >= 0.3 is 6.09 Å². The molecule has 0 radical (unpaired) electrons. The first kappa shape index (κ1) is 16.2. The van der Waals surface area contributed by atoms with Crippen LogP contribution in [0.2, 0.25) is 0 Å². The van der Waals surface area contributed by atoms with Gasteiger partial charge in [-0.25, -0.2) is 4.79 Å². The number of nitrogens with two attached hydrogens (primary N) is 1. The molecule has 0 heterocycles. The minimum atomic E-state index is -0.661. The number of carbonyl (C=O) groups excluding carboxylic acids is 1. The average molecular weight is 244 g/mol. The maximum Gasteiger partial charge on any atom is 0.404 e. The highest BCUT2D eigenvalue weighted by Crippen LogP contribution is 2.08. The van der Waals surface area contributed by atoms with Crippen molar-refractivity contribution in [2.45, 2.75) is 58.3 Å². The number of carbonyl (C=O) groups is 1. The fourth-order valence-corrected chi connectivity index (χ4v) is 1.76. The van der Waals surface area contributed by atoms with Crippen LogP contribution in [0, 0.1) is 0 Å². The maximum absolute atomic E-state index is 10.3. The summed E-state index contributed by atoms with van der Waals surface area (Å²) in [6, 6.07) is 0. The summed E-state index contributed by atoms with van der Waals surface area (Å²) < 4.78 is 4.66. The van der Waals surface area contributed by atoms with E-state index in [9.17, 15) is 4.79 Å². The fraction of sp³-hybridized carbons (Fsp3) is 0.923. The van der Waals surface area contributed by atoms with E-state index >= 15 is 0 Å². The molecule has 4 nitrogen and oxygen atoms in total. The molecule has 17 heavy (non-hydrogen) atoms. The SMILES string of the molecule is CCNCCCCCCCCCCOC(N)=O. The molecule has 0 aliphatic heterocycles. The van der Waals surface area contributed by atoms with Gasteiger partial charge in [0, 0.05) is 0 Å². The van der Waals surface area contributed by atoms with Gasteiger partial charge in [0.05, 0.1) is 6.61 Å². The van der Waals surface area contributed by atoms with Crippen molar-refractivity contribution in [3.8, 4) is 0 Å². The summed E-state index contributed by atoms with van der Waals surface area (Å²) >= 11 is 0. The number of hydrogen-bond donors (Lipinski definition) is 2. The normalized spacial score (nSPS) is 10.4. The molecule has 0 bridgehead atoms. The van der Waals surface area contributed by atoms with Gasteiger partial charge < -0.3 is 15.8 Å². The summed E-state index contributed by atoms with van der Waals surface area (Å²) in [6.45, 7) is 4.84. The number of nitrogens with one attached hydrogen (secondary N) is 1. The van der Waals surface area contributed by atoms with Crippen molar-refractivity contribution < 1.29 is 9.53 Å². The van der Waals surface area contributed by atoms with Crippen molar-refractivity contribution in [1.82, 2.24) is 5.32 Å². The van der Waals surface area contributed by atoms with Crippen molar-refractivity contribution in [3.63, 3.8) is 0 Å². The summed E-state index contributed by atoms with van der Waals surface area (Å²) in [5, 5.41) is 3.33. The molecule has 0 aromatic heterocycles. The fourth-order valence-electron chi connectivity index (χ4n) is 1.76. The lowest BCUT2D eigenvalue weighted by molar-refractivity contribution is 0.154. The second-order valence-corrected chi connectivity index (χ2v) is 4.35. The lowest BCUT2D eigenvalue weighted by atomic mass is 10.1. The highest BCUT2D eigenvalue weighted by atomic mass is 16.5. The van der Waals surface area contributed by atoms with E-state index in [2.05, 4.69) is 17.0 Å². The number of unbranched alkanes of at least 4 members (excludes halogenated alkanes) is 7. The lowest BCUT2D eigenvalue weighted by Gasteiger charge is -2.03. The van der Waals surface area contributed by atoms with Crippen molar-refractivity contribution in [1.29, 1.82) is 0 Å². The highest BCUT2D eigenvalue weighted by Gasteiger charge is 1.94. The molecular weight excluding hydrogens is 216 g/mol. The van der Waals surface area contributed by atoms with E-state index in [0.717, 1.165) is 25.9 Å². The summed E-state index contributed by atoms with van der Waals surface area (Å²) in [5.41, 5.74) is 4.86. The Morgan fingerprint density at radius 1 is 1.00 bits per heavy atom. The molecule has 0 aromatic carbocycles. The molecule has 0 unspecified atom stereocenters. The molecule has 0 aliphatic carbocycles. The summed E-state index contributed by atoms with van der Waals surface area (Å²) in [5.74, 6) is 0. The highest BCUT2D eigenvalue weighted by molar-refractivity contribution is 5.64. The first-order chi connectivity index (χ1) is 8.27. The van der Waals surface area contributed by atoms with E-state index in [1.165, 1.54) is 38.5 Å². The third kappa shape index (κ3) is 15.2. The molecule has 0 aliphatic rings. The van der Waals surface area contributed by atoms with Gasteiger partial charge in [0.2, 0.25) is 0 Å². The van der Waals surface area contributed by atoms with Crippen LogP contribution in [-0.4, -0.2) is 25.8 Å². The second-order valence-electron chi connectivity index (χ2n) is 4.35. The number of ether oxygens (including phenoxy) is 1. The van der Waals surface area contributed by atoms with Gasteiger partial charge in [-0.05, 0) is 25.9 Å². The van der Waals surface area contributed by atoms with Crippen LogP contribution in [0.1, 0.15) is 58.3 Å². The van der Waals surface area contributed by atoms with Crippen LogP contribution in [0.3, 0.4) is 0 Å². The van der Waals surface area contributed by atoms with Gasteiger partial charge in [-0.3, -0.25) is 0 Å². The van der Waals surface area contributed by atoms with Crippen LogP contribution in [0.5, 0.6) is 0 Å². The van der Waals surface area contributed by atoms with E-state index in [1.54, 1.807) is 0 Å². The predicted octanol–water partition coefficient (Wildman–Crippen LogP) is 2.81. The van der Waals surface area contributed by atoms with E-state index in [-0.39, 0.29) is 0 Å².